The number of hydrogen-bond donors (Lipinski definition) is 0. The molecule has 0 atom stereocenters. The largest absolute Gasteiger partial charge is 0.307 e. The summed E-state index contributed by atoms with van der Waals surface area (Å²) < 4.78 is 2.67. The van der Waals surface area contributed by atoms with E-state index in [0.29, 0.717) is 10.8 Å². The number of fused-ring (bicyclic) bond motifs is 1. The molecule has 1 aromatic heterocycles. The third-order valence-corrected chi connectivity index (χ3v) is 3.89. The average Bonchev–Trinajstić information content (AvgIpc) is 2.76. The molecule has 0 unspecified atom stereocenters. The molecule has 0 aliphatic carbocycles. The van der Waals surface area contributed by atoms with Crippen molar-refractivity contribution in [3.05, 3.63) is 63.9 Å². The van der Waals surface area contributed by atoms with E-state index in [9.17, 15) is 4.79 Å². The molecule has 0 aliphatic heterocycles. The summed E-state index contributed by atoms with van der Waals surface area (Å²) in [5, 5.41) is 0.330. The minimum atomic E-state index is 0.00236. The van der Waals surface area contributed by atoms with E-state index < -0.39 is 0 Å². The van der Waals surface area contributed by atoms with Gasteiger partial charge in [0.05, 0.1) is 17.6 Å². The molecule has 0 spiro atoms. The van der Waals surface area contributed by atoms with Crippen LogP contribution in [0.5, 0.6) is 0 Å². The summed E-state index contributed by atoms with van der Waals surface area (Å²) in [5.74, 6) is 0.00236. The van der Waals surface area contributed by atoms with Crippen molar-refractivity contribution in [1.29, 1.82) is 0 Å². The lowest BCUT2D eigenvalue weighted by molar-refractivity contribution is 0.0973. The molecule has 20 heavy (non-hydrogen) atoms. The van der Waals surface area contributed by atoms with Gasteiger partial charge in [-0.15, -0.1) is 0 Å². The normalized spacial score (nSPS) is 10.9. The summed E-state index contributed by atoms with van der Waals surface area (Å²) in [6.45, 7) is 0.182. The molecule has 2 aromatic carbocycles. The minimum Gasteiger partial charge on any atom is -0.307 e. The average molecular weight is 350 g/mol. The van der Waals surface area contributed by atoms with Gasteiger partial charge in [-0.05, 0) is 35.9 Å². The van der Waals surface area contributed by atoms with Gasteiger partial charge < -0.3 is 4.57 Å². The molecule has 0 amide bonds. The molecule has 0 saturated heterocycles. The van der Waals surface area contributed by atoms with Gasteiger partial charge in [0.15, 0.2) is 5.78 Å². The number of nitrogens with zero attached hydrogens (tertiary/aromatic N) is 2. The topological polar surface area (TPSA) is 34.9 Å². The molecule has 3 aromatic rings. The Hall–Kier alpha value is -1.65. The van der Waals surface area contributed by atoms with Crippen LogP contribution in [0.2, 0.25) is 5.28 Å². The van der Waals surface area contributed by atoms with Crippen LogP contribution in [0.15, 0.2) is 53.0 Å². The van der Waals surface area contributed by atoms with Gasteiger partial charge >= 0.3 is 0 Å². The quantitative estimate of drug-likeness (QED) is 0.659. The fourth-order valence-corrected chi connectivity index (χ4v) is 2.57. The summed E-state index contributed by atoms with van der Waals surface area (Å²) >= 11 is 9.47. The molecular formula is C15H10BrClN2O. The first-order valence-electron chi connectivity index (χ1n) is 6.05. The van der Waals surface area contributed by atoms with Crippen molar-refractivity contribution in [3.63, 3.8) is 0 Å². The van der Waals surface area contributed by atoms with Crippen molar-refractivity contribution in [2.24, 2.45) is 0 Å². The van der Waals surface area contributed by atoms with E-state index >= 15 is 0 Å². The first-order chi connectivity index (χ1) is 9.65. The zero-order chi connectivity index (χ0) is 14.1. The lowest BCUT2D eigenvalue weighted by atomic mass is 10.1. The molecule has 0 saturated carbocycles. The second kappa shape index (κ2) is 5.38. The lowest BCUT2D eigenvalue weighted by Crippen LogP contribution is -2.10. The Morgan fingerprint density at radius 3 is 2.60 bits per heavy atom. The van der Waals surface area contributed by atoms with Gasteiger partial charge in [-0.25, -0.2) is 4.98 Å². The number of benzene rings is 2. The smallest absolute Gasteiger partial charge is 0.204 e. The van der Waals surface area contributed by atoms with Crippen LogP contribution >= 0.6 is 27.5 Å². The monoisotopic (exact) mass is 348 g/mol. The van der Waals surface area contributed by atoms with Crippen LogP contribution in [0.25, 0.3) is 11.0 Å². The second-order valence-electron chi connectivity index (χ2n) is 4.39. The number of para-hydroxylation sites is 2. The second-order valence-corrected chi connectivity index (χ2v) is 5.64. The van der Waals surface area contributed by atoms with E-state index in [-0.39, 0.29) is 12.3 Å². The van der Waals surface area contributed by atoms with Crippen LogP contribution < -0.4 is 0 Å². The van der Waals surface area contributed by atoms with Gasteiger partial charge in [0, 0.05) is 10.0 Å². The number of hydrogen-bond acceptors (Lipinski definition) is 2. The Morgan fingerprint density at radius 1 is 1.15 bits per heavy atom. The predicted octanol–water partition coefficient (Wildman–Crippen LogP) is 4.34. The maximum Gasteiger partial charge on any atom is 0.204 e. The Labute approximate surface area is 129 Å². The molecule has 0 aliphatic rings. The first kappa shape index (κ1) is 13.3. The Kier molecular flexibility index (Phi) is 3.59. The van der Waals surface area contributed by atoms with Crippen molar-refractivity contribution in [2.45, 2.75) is 6.54 Å². The third-order valence-electron chi connectivity index (χ3n) is 3.08. The highest BCUT2D eigenvalue weighted by Crippen LogP contribution is 2.20. The number of carbonyl (C=O) groups is 1. The van der Waals surface area contributed by atoms with Crippen LogP contribution in [0.4, 0.5) is 0 Å². The SMILES string of the molecule is O=C(Cn1c(Cl)nc2ccccc21)c1ccc(Br)cc1. The highest BCUT2D eigenvalue weighted by Gasteiger charge is 2.13. The summed E-state index contributed by atoms with van der Waals surface area (Å²) in [6, 6.07) is 14.9. The number of carbonyl (C=O) groups excluding carboxylic acids is 1. The van der Waals surface area contributed by atoms with Crippen LogP contribution in [0.1, 0.15) is 10.4 Å². The lowest BCUT2D eigenvalue weighted by Gasteiger charge is -2.05. The summed E-state index contributed by atoms with van der Waals surface area (Å²) in [5.41, 5.74) is 2.31. The van der Waals surface area contributed by atoms with E-state index in [4.69, 9.17) is 11.6 Å². The number of halogens is 2. The van der Waals surface area contributed by atoms with Gasteiger partial charge in [-0.2, -0.15) is 0 Å². The van der Waals surface area contributed by atoms with Crippen molar-refractivity contribution in [2.75, 3.05) is 0 Å². The zero-order valence-electron chi connectivity index (χ0n) is 10.4. The van der Waals surface area contributed by atoms with E-state index in [1.165, 1.54) is 0 Å². The molecule has 100 valence electrons. The maximum atomic E-state index is 12.3. The van der Waals surface area contributed by atoms with Crippen LogP contribution in [0, 0.1) is 0 Å². The van der Waals surface area contributed by atoms with Gasteiger partial charge in [0.2, 0.25) is 5.28 Å². The van der Waals surface area contributed by atoms with Gasteiger partial charge in [0.1, 0.15) is 0 Å². The van der Waals surface area contributed by atoms with Gasteiger partial charge in [-0.1, -0.05) is 40.2 Å². The molecule has 3 rings (SSSR count). The Morgan fingerprint density at radius 2 is 1.85 bits per heavy atom. The third kappa shape index (κ3) is 2.49. The van der Waals surface area contributed by atoms with E-state index in [0.717, 1.165) is 15.5 Å². The predicted molar refractivity (Wildman–Crippen MR) is 83.2 cm³/mol. The van der Waals surface area contributed by atoms with Gasteiger partial charge in [0.25, 0.3) is 0 Å². The van der Waals surface area contributed by atoms with E-state index in [1.807, 2.05) is 36.4 Å². The highest BCUT2D eigenvalue weighted by molar-refractivity contribution is 9.10. The molecule has 1 heterocycles. The number of rotatable bonds is 3. The number of aromatic nitrogens is 2. The van der Waals surface area contributed by atoms with Crippen molar-refractivity contribution < 1.29 is 4.79 Å². The van der Waals surface area contributed by atoms with Crippen molar-refractivity contribution >= 4 is 44.3 Å². The van der Waals surface area contributed by atoms with Crippen molar-refractivity contribution in [1.82, 2.24) is 9.55 Å². The Balaban J connectivity index is 1.95. The summed E-state index contributed by atoms with van der Waals surface area (Å²) in [7, 11) is 0. The molecule has 5 heteroatoms. The van der Waals surface area contributed by atoms with Crippen LogP contribution in [-0.4, -0.2) is 15.3 Å². The zero-order valence-corrected chi connectivity index (χ0v) is 12.7. The van der Waals surface area contributed by atoms with E-state index in [1.54, 1.807) is 16.7 Å². The number of Topliss-reactive ketones (excluding diaryl/α,β-unsaturated/α-hetero) is 1. The highest BCUT2D eigenvalue weighted by atomic mass is 79.9. The minimum absolute atomic E-state index is 0.00236. The van der Waals surface area contributed by atoms with Crippen LogP contribution in [0.3, 0.4) is 0 Å². The van der Waals surface area contributed by atoms with Crippen molar-refractivity contribution in [3.8, 4) is 0 Å². The van der Waals surface area contributed by atoms with Gasteiger partial charge in [-0.3, -0.25) is 4.79 Å². The fraction of sp³-hybridized carbons (Fsp3) is 0.0667. The fourth-order valence-electron chi connectivity index (χ4n) is 2.07. The maximum absolute atomic E-state index is 12.3. The summed E-state index contributed by atoms with van der Waals surface area (Å²) in [4.78, 5) is 16.5. The molecular weight excluding hydrogens is 340 g/mol. The van der Waals surface area contributed by atoms with Crippen LogP contribution in [-0.2, 0) is 6.54 Å². The molecule has 0 fully saturated rings. The molecule has 0 radical (unpaired) electrons. The number of imidazole rings is 1. The standard InChI is InChI=1S/C15H10BrClN2O/c16-11-7-5-10(6-8-11)14(20)9-19-13-4-2-1-3-12(13)18-15(19)17/h1-8H,9H2. The molecule has 3 nitrogen and oxygen atoms in total. The van der Waals surface area contributed by atoms with E-state index in [2.05, 4.69) is 20.9 Å². The Bertz CT molecular complexity index is 780. The first-order valence-corrected chi connectivity index (χ1v) is 7.22. The molecule has 0 N–H and O–H groups in total. The summed E-state index contributed by atoms with van der Waals surface area (Å²) in [6.07, 6.45) is 0. The molecule has 0 bridgehead atoms. The number of ketones is 1.